The van der Waals surface area contributed by atoms with Crippen molar-refractivity contribution >= 4 is 18.3 Å². The lowest BCUT2D eigenvalue weighted by Gasteiger charge is -1.94. The van der Waals surface area contributed by atoms with Crippen molar-refractivity contribution in [3.05, 3.63) is 35.9 Å². The lowest BCUT2D eigenvalue weighted by molar-refractivity contribution is 1.48. The van der Waals surface area contributed by atoms with Gasteiger partial charge in [-0.1, -0.05) is 35.9 Å². The van der Waals surface area contributed by atoms with Crippen molar-refractivity contribution in [2.24, 2.45) is 16.5 Å². The first-order valence-electron chi connectivity index (χ1n) is 3.37. The largest absolute Gasteiger partial charge is 0.280 e. The molecule has 1 aromatic carbocycles. The van der Waals surface area contributed by atoms with Crippen molar-refractivity contribution in [2.75, 3.05) is 0 Å². The quantitative estimate of drug-likeness (QED) is 0.551. The highest BCUT2D eigenvalue weighted by molar-refractivity contribution is 8.11. The first-order chi connectivity index (χ1) is 5.39. The highest BCUT2D eigenvalue weighted by Crippen LogP contribution is 2.07. The Morgan fingerprint density at radius 3 is 1.58 bits per heavy atom. The van der Waals surface area contributed by atoms with E-state index in [4.69, 9.17) is 16.5 Å². The summed E-state index contributed by atoms with van der Waals surface area (Å²) in [7, 11) is 0. The van der Waals surface area contributed by atoms with Gasteiger partial charge in [-0.05, 0) is 18.7 Å². The van der Waals surface area contributed by atoms with E-state index in [9.17, 15) is 0 Å². The van der Waals surface area contributed by atoms with Gasteiger partial charge < -0.3 is 0 Å². The molecule has 1 rings (SSSR count). The second-order valence-electron chi connectivity index (χ2n) is 2.42. The predicted molar refractivity (Wildman–Crippen MR) is 58.0 cm³/mol. The Bertz CT molecular complexity index is 248. The zero-order chi connectivity index (χ0) is 9.61. The number of nitrogens with two attached hydrogens (primary N) is 3. The minimum absolute atomic E-state index is 1.32. The molecule has 0 heterocycles. The molecule has 0 radical (unpaired) electrons. The molecule has 3 nitrogen and oxygen atoms in total. The fourth-order valence-electron chi connectivity index (χ4n) is 0.534. The van der Waals surface area contributed by atoms with E-state index in [0.29, 0.717) is 0 Å². The van der Waals surface area contributed by atoms with Crippen LogP contribution in [0.4, 0.5) is 0 Å². The summed E-state index contributed by atoms with van der Waals surface area (Å²) in [6.45, 7) is -0.222. The van der Waals surface area contributed by atoms with E-state index in [1.165, 1.54) is 5.56 Å². The molecular weight excluding hydrogens is 189 g/mol. The molecule has 0 aromatic heterocycles. The lowest BCUT2D eigenvalue weighted by atomic mass is 10.2. The normalized spacial score (nSPS) is 10.0. The summed E-state index contributed by atoms with van der Waals surface area (Å²) in [5, 5.41) is 0. The first-order valence-corrected chi connectivity index (χ1v) is 6.38. The molecule has 12 heavy (non-hydrogen) atoms. The molecule has 6 N–H and O–H groups in total. The minimum atomic E-state index is -2.31. The van der Waals surface area contributed by atoms with Crippen LogP contribution in [-0.2, 0) is 11.8 Å². The summed E-state index contributed by atoms with van der Waals surface area (Å²) in [6.07, 6.45) is 0. The van der Waals surface area contributed by atoms with Crippen molar-refractivity contribution in [1.82, 2.24) is 0 Å². The number of hydrogen-bond acceptors (Lipinski definition) is 1. The second-order valence-corrected chi connectivity index (χ2v) is 5.84. The molecule has 0 aliphatic carbocycles. The fraction of sp³-hybridized carbons (Fsp3) is 0.143. The molecule has 0 atom stereocenters. The zero-order valence-corrected chi connectivity index (χ0v) is 8.69. The van der Waals surface area contributed by atoms with E-state index in [1.54, 1.807) is 0 Å². The van der Waals surface area contributed by atoms with Gasteiger partial charge in [-0.2, -0.15) is 0 Å². The summed E-state index contributed by atoms with van der Waals surface area (Å²) >= 11 is 4.27. The Kier molecular flexibility index (Phi) is 5.29. The smallest absolute Gasteiger partial charge is 0.129 e. The number of rotatable bonds is 0. The monoisotopic (exact) mass is 203 g/mol. The van der Waals surface area contributed by atoms with Crippen molar-refractivity contribution in [1.29, 1.82) is 0 Å². The first kappa shape index (κ1) is 11.8. The summed E-state index contributed by atoms with van der Waals surface area (Å²) < 4.78 is 0. The van der Waals surface area contributed by atoms with Gasteiger partial charge in [-0.3, -0.25) is 16.5 Å². The van der Waals surface area contributed by atoms with Crippen LogP contribution in [0.1, 0.15) is 5.56 Å². The third-order valence-corrected chi connectivity index (χ3v) is 0.940. The molecule has 0 aliphatic rings. The Balaban J connectivity index is 0.000000217. The van der Waals surface area contributed by atoms with Crippen LogP contribution in [0.15, 0.2) is 30.3 Å². The summed E-state index contributed by atoms with van der Waals surface area (Å²) in [5.74, 6) is 0. The summed E-state index contributed by atoms with van der Waals surface area (Å²) in [4.78, 5) is 0. The molecule has 0 aliphatic heterocycles. The minimum Gasteiger partial charge on any atom is -0.280 e. The van der Waals surface area contributed by atoms with E-state index >= 15 is 0 Å². The van der Waals surface area contributed by atoms with Crippen LogP contribution >= 0.6 is 6.49 Å². The number of aryl methyl sites for hydroxylation is 1. The van der Waals surface area contributed by atoms with E-state index in [2.05, 4.69) is 30.9 Å². The van der Waals surface area contributed by atoms with Crippen molar-refractivity contribution in [3.63, 3.8) is 0 Å². The Hall–Kier alpha value is -0.250. The maximum absolute atomic E-state index is 4.84. The Morgan fingerprint density at radius 1 is 1.08 bits per heavy atom. The van der Waals surface area contributed by atoms with Gasteiger partial charge in [-0.15, -0.1) is 0 Å². The van der Waals surface area contributed by atoms with Gasteiger partial charge >= 0.3 is 0 Å². The zero-order valence-electron chi connectivity index (χ0n) is 6.97. The molecule has 1 aromatic rings. The van der Waals surface area contributed by atoms with E-state index in [1.807, 2.05) is 18.2 Å². The third kappa shape index (κ3) is 12.4. The van der Waals surface area contributed by atoms with Crippen LogP contribution < -0.4 is 16.5 Å². The molecule has 68 valence electrons. The van der Waals surface area contributed by atoms with Crippen molar-refractivity contribution in [3.8, 4) is 0 Å². The van der Waals surface area contributed by atoms with Gasteiger partial charge in [-0.25, -0.2) is 0 Å². The SMILES string of the molecule is Cc1ccccc1.NP(N)(N)=S. The summed E-state index contributed by atoms with van der Waals surface area (Å²) in [5.41, 5.74) is 15.8. The fourth-order valence-corrected chi connectivity index (χ4v) is 0.534. The second kappa shape index (κ2) is 5.41. The average Bonchev–Trinajstić information content (AvgIpc) is 1.85. The molecule has 0 bridgehead atoms. The van der Waals surface area contributed by atoms with Gasteiger partial charge in [0.1, 0.15) is 6.49 Å². The van der Waals surface area contributed by atoms with E-state index < -0.39 is 6.49 Å². The molecule has 0 saturated carbocycles. The van der Waals surface area contributed by atoms with Crippen LogP contribution in [0.3, 0.4) is 0 Å². The topological polar surface area (TPSA) is 78.1 Å². The van der Waals surface area contributed by atoms with Crippen LogP contribution in [0.2, 0.25) is 0 Å². The third-order valence-electron chi connectivity index (χ3n) is 0.940. The maximum atomic E-state index is 4.84. The van der Waals surface area contributed by atoms with Crippen LogP contribution in [0.5, 0.6) is 0 Å². The van der Waals surface area contributed by atoms with Crippen molar-refractivity contribution in [2.45, 2.75) is 6.92 Å². The average molecular weight is 203 g/mol. The molecule has 0 fully saturated rings. The number of benzene rings is 1. The Morgan fingerprint density at radius 2 is 1.42 bits per heavy atom. The molecular formula is C7H14N3PS. The lowest BCUT2D eigenvalue weighted by Crippen LogP contribution is -2.11. The molecule has 5 heteroatoms. The van der Waals surface area contributed by atoms with E-state index in [0.717, 1.165) is 0 Å². The van der Waals surface area contributed by atoms with Gasteiger partial charge in [0.25, 0.3) is 0 Å². The van der Waals surface area contributed by atoms with Gasteiger partial charge in [0, 0.05) is 0 Å². The van der Waals surface area contributed by atoms with Gasteiger partial charge in [0.15, 0.2) is 0 Å². The predicted octanol–water partition coefficient (Wildman–Crippen LogP) is 1.08. The highest BCUT2D eigenvalue weighted by atomic mass is 32.4. The van der Waals surface area contributed by atoms with Gasteiger partial charge in [0.05, 0.1) is 0 Å². The molecule has 0 amide bonds. The molecule has 0 spiro atoms. The standard InChI is InChI=1S/C7H8.H6N3PS/c1-7-5-3-2-4-6-7;1-4(2,3)5/h2-6H,1H3;(H6,1,2,3,5). The number of hydrogen-bond donors (Lipinski definition) is 3. The highest BCUT2D eigenvalue weighted by Gasteiger charge is 1.82. The maximum Gasteiger partial charge on any atom is 0.129 e. The van der Waals surface area contributed by atoms with Gasteiger partial charge in [0.2, 0.25) is 0 Å². The van der Waals surface area contributed by atoms with Crippen molar-refractivity contribution < 1.29 is 0 Å². The van der Waals surface area contributed by atoms with Crippen LogP contribution in [0, 0.1) is 6.92 Å². The Labute approximate surface area is 78.1 Å². The van der Waals surface area contributed by atoms with E-state index in [-0.39, 0.29) is 0 Å². The molecule has 0 saturated heterocycles. The molecule has 0 unspecified atom stereocenters. The van der Waals surface area contributed by atoms with Crippen LogP contribution in [-0.4, -0.2) is 0 Å². The summed E-state index contributed by atoms with van der Waals surface area (Å²) in [6, 6.07) is 10.3. The van der Waals surface area contributed by atoms with Crippen LogP contribution in [0.25, 0.3) is 0 Å².